The lowest BCUT2D eigenvalue weighted by molar-refractivity contribution is -0.129. The van der Waals surface area contributed by atoms with Crippen molar-refractivity contribution in [2.24, 2.45) is 0 Å². The van der Waals surface area contributed by atoms with Crippen molar-refractivity contribution in [2.75, 3.05) is 6.61 Å². The SMILES string of the molecule is CC(=O)N[C@H](C=O)[C@@H](O)[C@H](O)[C@H](O)COP(=O)(O)O. The summed E-state index contributed by atoms with van der Waals surface area (Å²) in [6, 6.07) is -1.47. The van der Waals surface area contributed by atoms with Gasteiger partial charge >= 0.3 is 7.82 Å². The van der Waals surface area contributed by atoms with Gasteiger partial charge in [-0.25, -0.2) is 4.57 Å². The molecule has 0 unspecified atom stereocenters. The lowest BCUT2D eigenvalue weighted by Crippen LogP contribution is -2.53. The van der Waals surface area contributed by atoms with Crippen molar-refractivity contribution in [3.8, 4) is 0 Å². The van der Waals surface area contributed by atoms with Crippen LogP contribution in [-0.2, 0) is 18.7 Å². The number of aliphatic hydroxyl groups excluding tert-OH is 3. The minimum Gasteiger partial charge on any atom is -0.388 e. The number of phosphoric ester groups is 1. The molecule has 0 aromatic rings. The Morgan fingerprint density at radius 1 is 1.32 bits per heavy atom. The maximum absolute atomic E-state index is 10.7. The fraction of sp³-hybridized carbons (Fsp3) is 0.750. The van der Waals surface area contributed by atoms with Gasteiger partial charge in [-0.05, 0) is 0 Å². The molecule has 19 heavy (non-hydrogen) atoms. The quantitative estimate of drug-likeness (QED) is 0.200. The summed E-state index contributed by atoms with van der Waals surface area (Å²) in [6.45, 7) is 0.108. The average molecular weight is 301 g/mol. The zero-order valence-corrected chi connectivity index (χ0v) is 10.8. The second kappa shape index (κ2) is 7.65. The van der Waals surface area contributed by atoms with E-state index in [9.17, 15) is 29.5 Å². The number of phosphoric acid groups is 1. The molecule has 0 spiro atoms. The second-order valence-electron chi connectivity index (χ2n) is 3.70. The number of rotatable bonds is 8. The molecule has 0 fully saturated rings. The topological polar surface area (TPSA) is 174 Å². The van der Waals surface area contributed by atoms with Gasteiger partial charge in [0.05, 0.1) is 6.61 Å². The Morgan fingerprint density at radius 3 is 2.21 bits per heavy atom. The van der Waals surface area contributed by atoms with E-state index < -0.39 is 44.7 Å². The van der Waals surface area contributed by atoms with Crippen LogP contribution in [0.15, 0.2) is 0 Å². The summed E-state index contributed by atoms with van der Waals surface area (Å²) in [5.41, 5.74) is 0. The van der Waals surface area contributed by atoms with E-state index in [2.05, 4.69) is 4.52 Å². The maximum Gasteiger partial charge on any atom is 0.469 e. The van der Waals surface area contributed by atoms with Crippen LogP contribution in [0.3, 0.4) is 0 Å². The Hall–Kier alpha value is -0.870. The first-order valence-corrected chi connectivity index (χ1v) is 6.58. The van der Waals surface area contributed by atoms with Crippen molar-refractivity contribution in [2.45, 2.75) is 31.3 Å². The highest BCUT2D eigenvalue weighted by Gasteiger charge is 2.33. The molecule has 0 saturated carbocycles. The summed E-state index contributed by atoms with van der Waals surface area (Å²) in [7, 11) is -4.83. The molecule has 0 saturated heterocycles. The molecule has 0 aliphatic rings. The summed E-state index contributed by atoms with van der Waals surface area (Å²) in [5, 5.41) is 30.3. The molecule has 0 aliphatic carbocycles. The fourth-order valence-electron chi connectivity index (χ4n) is 1.15. The van der Waals surface area contributed by atoms with E-state index in [1.54, 1.807) is 0 Å². The third-order valence-electron chi connectivity index (χ3n) is 2.04. The standard InChI is InChI=1S/C8H16NO9P/c1-4(11)9-5(2-10)7(13)8(14)6(12)3-18-19(15,16)17/h2,5-8,12-14H,3H2,1H3,(H,9,11)(H2,15,16,17)/t5-,6-,7-,8-/m1/s1. The summed E-state index contributed by atoms with van der Waals surface area (Å²) in [4.78, 5) is 38.1. The molecule has 0 aromatic heterocycles. The Kier molecular flexibility index (Phi) is 7.30. The lowest BCUT2D eigenvalue weighted by atomic mass is 10.0. The number of aliphatic hydroxyl groups is 3. The van der Waals surface area contributed by atoms with Crippen LogP contribution < -0.4 is 5.32 Å². The van der Waals surface area contributed by atoms with Gasteiger partial charge in [0.1, 0.15) is 30.6 Å². The van der Waals surface area contributed by atoms with Crippen molar-refractivity contribution >= 4 is 20.0 Å². The maximum atomic E-state index is 10.7. The van der Waals surface area contributed by atoms with Crippen LogP contribution in [0.1, 0.15) is 6.92 Å². The summed E-state index contributed by atoms with van der Waals surface area (Å²) in [6.07, 6.45) is -5.53. The van der Waals surface area contributed by atoms with Crippen molar-refractivity contribution in [3.05, 3.63) is 0 Å². The number of aldehydes is 1. The van der Waals surface area contributed by atoms with Crippen molar-refractivity contribution < 1.29 is 43.8 Å². The highest BCUT2D eigenvalue weighted by molar-refractivity contribution is 7.46. The first-order chi connectivity index (χ1) is 8.58. The minimum atomic E-state index is -4.83. The third-order valence-corrected chi connectivity index (χ3v) is 2.53. The highest BCUT2D eigenvalue weighted by Crippen LogP contribution is 2.35. The minimum absolute atomic E-state index is 0.145. The largest absolute Gasteiger partial charge is 0.469 e. The highest BCUT2D eigenvalue weighted by atomic mass is 31.2. The average Bonchev–Trinajstić information content (AvgIpc) is 2.29. The van der Waals surface area contributed by atoms with Gasteiger partial charge in [-0.1, -0.05) is 0 Å². The van der Waals surface area contributed by atoms with Crippen LogP contribution in [0.25, 0.3) is 0 Å². The van der Waals surface area contributed by atoms with Gasteiger partial charge in [0, 0.05) is 6.92 Å². The Balaban J connectivity index is 4.51. The first-order valence-electron chi connectivity index (χ1n) is 5.05. The third kappa shape index (κ3) is 7.33. The summed E-state index contributed by atoms with van der Waals surface area (Å²) < 4.78 is 14.3. The number of nitrogens with one attached hydrogen (secondary N) is 1. The van der Waals surface area contributed by atoms with Gasteiger partial charge in [0.25, 0.3) is 0 Å². The van der Waals surface area contributed by atoms with E-state index >= 15 is 0 Å². The molecule has 0 aromatic carbocycles. The van der Waals surface area contributed by atoms with Gasteiger partial charge in [-0.2, -0.15) is 0 Å². The molecule has 112 valence electrons. The first kappa shape index (κ1) is 18.1. The predicted octanol–water partition coefficient (Wildman–Crippen LogP) is -3.12. The molecule has 4 atom stereocenters. The summed E-state index contributed by atoms with van der Waals surface area (Å²) >= 11 is 0. The van der Waals surface area contributed by atoms with E-state index in [0.717, 1.165) is 6.92 Å². The Labute approximate surface area is 108 Å². The molecular weight excluding hydrogens is 285 g/mol. The predicted molar refractivity (Wildman–Crippen MR) is 59.7 cm³/mol. The van der Waals surface area contributed by atoms with Gasteiger partial charge in [0.15, 0.2) is 0 Å². The van der Waals surface area contributed by atoms with E-state index in [0.29, 0.717) is 0 Å². The van der Waals surface area contributed by atoms with Crippen LogP contribution >= 0.6 is 7.82 Å². The van der Waals surface area contributed by atoms with E-state index in [-0.39, 0.29) is 6.29 Å². The monoisotopic (exact) mass is 301 g/mol. The van der Waals surface area contributed by atoms with Gasteiger partial charge in [-0.3, -0.25) is 9.32 Å². The van der Waals surface area contributed by atoms with Crippen LogP contribution in [0.2, 0.25) is 0 Å². The smallest absolute Gasteiger partial charge is 0.388 e. The van der Waals surface area contributed by atoms with E-state index in [1.807, 2.05) is 5.32 Å². The van der Waals surface area contributed by atoms with E-state index in [1.165, 1.54) is 0 Å². The molecule has 0 aliphatic heterocycles. The second-order valence-corrected chi connectivity index (χ2v) is 4.94. The van der Waals surface area contributed by atoms with Crippen molar-refractivity contribution in [1.29, 1.82) is 0 Å². The van der Waals surface area contributed by atoms with Gasteiger partial charge in [-0.15, -0.1) is 0 Å². The molecule has 10 nitrogen and oxygen atoms in total. The van der Waals surface area contributed by atoms with Crippen molar-refractivity contribution in [3.63, 3.8) is 0 Å². The van der Waals surface area contributed by atoms with Crippen LogP contribution in [0.4, 0.5) is 0 Å². The van der Waals surface area contributed by atoms with Crippen LogP contribution in [-0.4, -0.2) is 68.3 Å². The molecule has 11 heteroatoms. The molecule has 0 rings (SSSR count). The molecule has 0 bridgehead atoms. The molecule has 0 radical (unpaired) electrons. The van der Waals surface area contributed by atoms with Gasteiger partial charge in [0.2, 0.25) is 5.91 Å². The number of carbonyl (C=O) groups is 2. The van der Waals surface area contributed by atoms with Crippen LogP contribution in [0, 0.1) is 0 Å². The molecule has 1 amide bonds. The number of carbonyl (C=O) groups excluding carboxylic acids is 2. The molecule has 0 heterocycles. The Bertz CT molecular complexity index is 356. The molecule has 6 N–H and O–H groups in total. The van der Waals surface area contributed by atoms with Crippen molar-refractivity contribution in [1.82, 2.24) is 5.32 Å². The Morgan fingerprint density at radius 2 is 1.84 bits per heavy atom. The number of hydrogen-bond acceptors (Lipinski definition) is 7. The summed E-state index contributed by atoms with van der Waals surface area (Å²) in [5.74, 6) is -0.649. The number of amides is 1. The van der Waals surface area contributed by atoms with Gasteiger partial charge < -0.3 is 35.2 Å². The van der Waals surface area contributed by atoms with Crippen LogP contribution in [0.5, 0.6) is 0 Å². The normalized spacial score (nSPS) is 18.2. The lowest BCUT2D eigenvalue weighted by Gasteiger charge is -2.26. The fourth-order valence-corrected chi connectivity index (χ4v) is 1.49. The zero-order valence-electron chi connectivity index (χ0n) is 9.91. The zero-order chi connectivity index (χ0) is 15.2. The van der Waals surface area contributed by atoms with E-state index in [4.69, 9.17) is 9.79 Å². The number of hydrogen-bond donors (Lipinski definition) is 6. The molecular formula is C8H16NO9P.